The van der Waals surface area contributed by atoms with Gasteiger partial charge >= 0.3 is 5.97 Å². The van der Waals surface area contributed by atoms with Crippen LogP contribution in [-0.2, 0) is 14.3 Å². The summed E-state index contributed by atoms with van der Waals surface area (Å²) in [5.74, 6) is 1.53. The number of hydrogen-bond acceptors (Lipinski definition) is 3. The Hall–Kier alpha value is -0.600. The third-order valence-electron chi connectivity index (χ3n) is 1.79. The van der Waals surface area contributed by atoms with Crippen molar-refractivity contribution in [3.63, 3.8) is 0 Å². The van der Waals surface area contributed by atoms with Crippen LogP contribution in [0.4, 0.5) is 0 Å². The second-order valence-electron chi connectivity index (χ2n) is 3.62. The van der Waals surface area contributed by atoms with E-state index in [0.717, 1.165) is 0 Å². The van der Waals surface area contributed by atoms with Crippen LogP contribution in [-0.4, -0.2) is 23.8 Å². The Morgan fingerprint density at radius 3 is 2.43 bits per heavy atom. The van der Waals surface area contributed by atoms with E-state index in [0.29, 0.717) is 23.9 Å². The Morgan fingerprint density at radius 1 is 1.50 bits per heavy atom. The van der Waals surface area contributed by atoms with Crippen LogP contribution in [0, 0.1) is 5.41 Å². The topological polar surface area (TPSA) is 43.4 Å². The molecule has 4 heteroatoms. The van der Waals surface area contributed by atoms with Gasteiger partial charge in [-0.15, -0.1) is 0 Å². The molecule has 3 nitrogen and oxygen atoms in total. The number of esters is 1. The highest BCUT2D eigenvalue weighted by molar-refractivity contribution is 9.09. The van der Waals surface area contributed by atoms with Gasteiger partial charge in [0.05, 0.1) is 12.0 Å². The molecule has 0 aliphatic rings. The molecular weight excluding hydrogens is 248 g/mol. The molecule has 0 atom stereocenters. The number of ether oxygens (including phenoxy) is 1. The fourth-order valence-electron chi connectivity index (χ4n) is 1.04. The minimum absolute atomic E-state index is 0.284. The van der Waals surface area contributed by atoms with Crippen LogP contribution in [0.15, 0.2) is 5.57 Å². The van der Waals surface area contributed by atoms with E-state index in [1.807, 2.05) is 5.94 Å². The third-order valence-corrected chi connectivity index (χ3v) is 2.47. The molecule has 0 saturated carbocycles. The molecule has 0 fully saturated rings. The zero-order valence-corrected chi connectivity index (χ0v) is 10.3. The highest BCUT2D eigenvalue weighted by atomic mass is 79.9. The van der Waals surface area contributed by atoms with E-state index in [4.69, 9.17) is 4.74 Å². The first kappa shape index (κ1) is 13.4. The van der Waals surface area contributed by atoms with Gasteiger partial charge in [0.25, 0.3) is 0 Å². The molecule has 0 aliphatic carbocycles. The number of halogens is 1. The normalized spacial score (nSPS) is 10.6. The summed E-state index contributed by atoms with van der Waals surface area (Å²) >= 11 is 3.17. The van der Waals surface area contributed by atoms with Crippen molar-refractivity contribution in [2.45, 2.75) is 27.2 Å². The number of hydrogen-bond donors (Lipinski definition) is 0. The summed E-state index contributed by atoms with van der Waals surface area (Å²) in [6.45, 7) is 5.63. The zero-order valence-electron chi connectivity index (χ0n) is 8.72. The quantitative estimate of drug-likeness (QED) is 0.433. The number of alkyl halides is 1. The standard InChI is InChI=1S/C10H15BrO3/c1-4-14-9(13)10(2,3)5-8(6-11)7-12/h4-6H2,1-3H3. The zero-order chi connectivity index (χ0) is 11.2. The second-order valence-corrected chi connectivity index (χ2v) is 4.18. The summed E-state index contributed by atoms with van der Waals surface area (Å²) in [6.07, 6.45) is 0.376. The summed E-state index contributed by atoms with van der Waals surface area (Å²) in [5, 5.41) is 0.444. The van der Waals surface area contributed by atoms with E-state index in [-0.39, 0.29) is 5.97 Å². The summed E-state index contributed by atoms with van der Waals surface area (Å²) in [5.41, 5.74) is -0.112. The number of carbonyl (C=O) groups is 1. The number of allylic oxidation sites excluding steroid dienone is 1. The van der Waals surface area contributed by atoms with Crippen molar-refractivity contribution in [3.8, 4) is 0 Å². The van der Waals surface area contributed by atoms with Gasteiger partial charge in [-0.2, -0.15) is 0 Å². The third kappa shape index (κ3) is 4.07. The van der Waals surface area contributed by atoms with E-state index < -0.39 is 5.41 Å². The van der Waals surface area contributed by atoms with Crippen LogP contribution >= 0.6 is 15.9 Å². The maximum absolute atomic E-state index is 11.5. The largest absolute Gasteiger partial charge is 0.466 e. The lowest BCUT2D eigenvalue weighted by atomic mass is 9.86. The van der Waals surface area contributed by atoms with Gasteiger partial charge < -0.3 is 4.74 Å². The van der Waals surface area contributed by atoms with Gasteiger partial charge in [0.15, 0.2) is 0 Å². The van der Waals surface area contributed by atoms with E-state index in [2.05, 4.69) is 15.9 Å². The summed E-state index contributed by atoms with van der Waals surface area (Å²) in [6, 6.07) is 0. The Bertz CT molecular complexity index is 252. The molecule has 0 N–H and O–H groups in total. The fraction of sp³-hybridized carbons (Fsp3) is 0.700. The van der Waals surface area contributed by atoms with E-state index in [1.54, 1.807) is 20.8 Å². The lowest BCUT2D eigenvalue weighted by Crippen LogP contribution is -2.27. The van der Waals surface area contributed by atoms with Crippen molar-refractivity contribution in [1.82, 2.24) is 0 Å². The SMILES string of the molecule is CCOC(=O)C(C)(C)CC(=C=O)CBr. The lowest BCUT2D eigenvalue weighted by molar-refractivity contribution is -0.153. The summed E-state index contributed by atoms with van der Waals surface area (Å²) in [4.78, 5) is 21.9. The first-order valence-corrected chi connectivity index (χ1v) is 5.56. The molecule has 0 rings (SSSR count). The van der Waals surface area contributed by atoms with Gasteiger partial charge in [0.2, 0.25) is 0 Å². The van der Waals surface area contributed by atoms with Gasteiger partial charge in [-0.3, -0.25) is 4.79 Å². The molecule has 0 aromatic carbocycles. The smallest absolute Gasteiger partial charge is 0.311 e. The maximum atomic E-state index is 11.5. The van der Waals surface area contributed by atoms with Crippen molar-refractivity contribution >= 4 is 27.8 Å². The molecule has 0 aromatic rings. The van der Waals surface area contributed by atoms with Crippen LogP contribution < -0.4 is 0 Å². The predicted octanol–water partition coefficient (Wildman–Crippen LogP) is 2.12. The molecule has 0 unspecified atom stereocenters. The van der Waals surface area contributed by atoms with Gasteiger partial charge in [-0.1, -0.05) is 15.9 Å². The highest BCUT2D eigenvalue weighted by Crippen LogP contribution is 2.26. The lowest BCUT2D eigenvalue weighted by Gasteiger charge is -2.21. The average molecular weight is 263 g/mol. The van der Waals surface area contributed by atoms with Crippen LogP contribution in [0.3, 0.4) is 0 Å². The average Bonchev–Trinajstić information content (AvgIpc) is 2.14. The van der Waals surface area contributed by atoms with Crippen molar-refractivity contribution in [2.75, 3.05) is 11.9 Å². The molecule has 0 amide bonds. The van der Waals surface area contributed by atoms with Gasteiger partial charge in [-0.05, 0) is 27.2 Å². The second kappa shape index (κ2) is 5.99. The van der Waals surface area contributed by atoms with Gasteiger partial charge in [0, 0.05) is 10.9 Å². The Morgan fingerprint density at radius 2 is 2.07 bits per heavy atom. The molecule has 0 heterocycles. The van der Waals surface area contributed by atoms with E-state index >= 15 is 0 Å². The van der Waals surface area contributed by atoms with E-state index in [9.17, 15) is 9.59 Å². The van der Waals surface area contributed by atoms with Crippen molar-refractivity contribution in [1.29, 1.82) is 0 Å². The fourth-order valence-corrected chi connectivity index (χ4v) is 1.36. The highest BCUT2D eigenvalue weighted by Gasteiger charge is 2.30. The number of carbonyl (C=O) groups excluding carboxylic acids is 2. The minimum atomic E-state index is -0.656. The molecule has 0 saturated heterocycles. The summed E-state index contributed by atoms with van der Waals surface area (Å²) in [7, 11) is 0. The van der Waals surface area contributed by atoms with Crippen molar-refractivity contribution in [3.05, 3.63) is 5.57 Å². The first-order valence-electron chi connectivity index (χ1n) is 4.44. The van der Waals surface area contributed by atoms with Crippen LogP contribution in [0.5, 0.6) is 0 Å². The molecule has 80 valence electrons. The van der Waals surface area contributed by atoms with Crippen molar-refractivity contribution < 1.29 is 14.3 Å². The minimum Gasteiger partial charge on any atom is -0.466 e. The number of rotatable bonds is 5. The van der Waals surface area contributed by atoms with Crippen LogP contribution in [0.25, 0.3) is 0 Å². The molecule has 0 aliphatic heterocycles. The van der Waals surface area contributed by atoms with Gasteiger partial charge in [0.1, 0.15) is 5.94 Å². The first-order chi connectivity index (χ1) is 6.47. The Balaban J connectivity index is 4.47. The van der Waals surface area contributed by atoms with Crippen molar-refractivity contribution in [2.24, 2.45) is 5.41 Å². The molecular formula is C10H15BrO3. The molecule has 0 radical (unpaired) electrons. The predicted molar refractivity (Wildman–Crippen MR) is 58.0 cm³/mol. The molecule has 14 heavy (non-hydrogen) atoms. The summed E-state index contributed by atoms with van der Waals surface area (Å²) < 4.78 is 4.90. The van der Waals surface area contributed by atoms with E-state index in [1.165, 1.54) is 0 Å². The Labute approximate surface area is 92.6 Å². The molecule has 0 bridgehead atoms. The Kier molecular flexibility index (Phi) is 5.73. The monoisotopic (exact) mass is 262 g/mol. The van der Waals surface area contributed by atoms with Gasteiger partial charge in [-0.25, -0.2) is 4.79 Å². The van der Waals surface area contributed by atoms with Crippen LogP contribution in [0.1, 0.15) is 27.2 Å². The van der Waals surface area contributed by atoms with Crippen LogP contribution in [0.2, 0.25) is 0 Å². The molecule has 0 aromatic heterocycles. The molecule has 0 spiro atoms. The maximum Gasteiger partial charge on any atom is 0.311 e.